The molecule has 0 aromatic carbocycles. The molecule has 0 unspecified atom stereocenters. The first-order valence-corrected chi connectivity index (χ1v) is 13.8. The molecule has 1 aliphatic rings. The summed E-state index contributed by atoms with van der Waals surface area (Å²) in [6.07, 6.45) is 3.77. The van der Waals surface area contributed by atoms with Gasteiger partial charge in [0.05, 0.1) is 36.7 Å². The van der Waals surface area contributed by atoms with Gasteiger partial charge in [0.2, 0.25) is 11.8 Å². The smallest absolute Gasteiger partial charge is 0.245 e. The van der Waals surface area contributed by atoms with Crippen molar-refractivity contribution in [2.45, 2.75) is 55.8 Å². The van der Waals surface area contributed by atoms with Crippen LogP contribution in [0.1, 0.15) is 56.7 Å². The Morgan fingerprint density at radius 3 is 2.26 bits per heavy atom. The molecule has 1 saturated heterocycles. The maximum atomic E-state index is 13.7. The highest BCUT2D eigenvalue weighted by atomic mass is 35.5. The zero-order valence-corrected chi connectivity index (χ0v) is 23.5. The van der Waals surface area contributed by atoms with Crippen LogP contribution in [0.3, 0.4) is 0 Å². The molecule has 0 aliphatic carbocycles. The van der Waals surface area contributed by atoms with Crippen LogP contribution in [0.4, 0.5) is 0 Å². The van der Waals surface area contributed by atoms with Gasteiger partial charge >= 0.3 is 0 Å². The van der Waals surface area contributed by atoms with E-state index in [1.807, 2.05) is 13.8 Å². The topological polar surface area (TPSA) is 153 Å². The van der Waals surface area contributed by atoms with Crippen LogP contribution in [0.15, 0.2) is 18.7 Å². The molecule has 1 aliphatic heterocycles. The third-order valence-corrected chi connectivity index (χ3v) is 8.61. The fourth-order valence-corrected chi connectivity index (χ4v) is 5.97. The van der Waals surface area contributed by atoms with Gasteiger partial charge in [-0.2, -0.15) is 9.97 Å². The summed E-state index contributed by atoms with van der Waals surface area (Å²) >= 11 is 5.89. The van der Waals surface area contributed by atoms with Crippen molar-refractivity contribution in [2.24, 2.45) is 0 Å². The van der Waals surface area contributed by atoms with Crippen molar-refractivity contribution in [3.8, 4) is 17.4 Å². The van der Waals surface area contributed by atoms with E-state index in [1.165, 1.54) is 47.0 Å². The molecule has 13 nitrogen and oxygen atoms in total. The Hall–Kier alpha value is -2.94. The highest BCUT2D eigenvalue weighted by Gasteiger charge is 2.39. The Morgan fingerprint density at radius 2 is 1.74 bits per heavy atom. The lowest BCUT2D eigenvalue weighted by molar-refractivity contribution is 0.0360. The van der Waals surface area contributed by atoms with E-state index in [1.54, 1.807) is 4.57 Å². The molecule has 38 heavy (non-hydrogen) atoms. The minimum absolute atomic E-state index is 0.134. The SMILES string of the molecule is COc1ncnc(OC)c1-n1c(CS(=O)(=O)[C@@H](C)[C@H](OC)c2ncc(Cl)cn2)nnc1[C@H]1COC(C)(C)C1. The summed E-state index contributed by atoms with van der Waals surface area (Å²) < 4.78 is 51.4. The average Bonchev–Trinajstić information content (AvgIpc) is 3.46. The quantitative estimate of drug-likeness (QED) is 0.353. The van der Waals surface area contributed by atoms with Crippen LogP contribution >= 0.6 is 11.6 Å². The average molecular weight is 568 g/mol. The number of rotatable bonds is 10. The first-order valence-electron chi connectivity index (χ1n) is 11.7. The van der Waals surface area contributed by atoms with Crippen molar-refractivity contribution in [1.29, 1.82) is 0 Å². The molecule has 15 heteroatoms. The van der Waals surface area contributed by atoms with Gasteiger partial charge in [0.1, 0.15) is 24.0 Å². The molecule has 0 radical (unpaired) electrons. The Morgan fingerprint density at radius 1 is 1.11 bits per heavy atom. The molecular weight excluding hydrogens is 538 g/mol. The number of sulfone groups is 1. The van der Waals surface area contributed by atoms with Gasteiger partial charge in [0.25, 0.3) is 0 Å². The highest BCUT2D eigenvalue weighted by molar-refractivity contribution is 7.91. The third-order valence-electron chi connectivity index (χ3n) is 6.37. The summed E-state index contributed by atoms with van der Waals surface area (Å²) in [5.74, 6) is 0.515. The summed E-state index contributed by atoms with van der Waals surface area (Å²) in [5, 5.41) is 7.98. The van der Waals surface area contributed by atoms with Crippen molar-refractivity contribution in [1.82, 2.24) is 34.7 Å². The number of nitrogens with zero attached hydrogens (tertiary/aromatic N) is 7. The van der Waals surface area contributed by atoms with Crippen LogP contribution in [-0.2, 0) is 25.1 Å². The Balaban J connectivity index is 1.79. The number of hydrogen-bond acceptors (Lipinski definition) is 12. The van der Waals surface area contributed by atoms with Gasteiger partial charge in [-0.15, -0.1) is 10.2 Å². The highest BCUT2D eigenvalue weighted by Crippen LogP contribution is 2.39. The summed E-state index contributed by atoms with van der Waals surface area (Å²) in [4.78, 5) is 16.7. The van der Waals surface area contributed by atoms with Crippen LogP contribution in [0.25, 0.3) is 5.69 Å². The standard InChI is InChI=1S/C23H30ClN7O6S/c1-13(18(34-4)19-25-8-15(24)9-26-19)38(32,33)11-16-29-30-20(14-7-23(2,3)37-10-14)31(16)17-21(35-5)27-12-28-22(17)36-6/h8-9,12-14,18H,7,10-11H2,1-6H3/t13-,14+,18-/m0/s1. The van der Waals surface area contributed by atoms with Crippen LogP contribution in [0, 0.1) is 0 Å². The van der Waals surface area contributed by atoms with E-state index in [4.69, 9.17) is 30.5 Å². The summed E-state index contributed by atoms with van der Waals surface area (Å²) in [6.45, 7) is 5.88. The molecule has 0 saturated carbocycles. The minimum atomic E-state index is -3.90. The van der Waals surface area contributed by atoms with Gasteiger partial charge in [-0.05, 0) is 27.2 Å². The lowest BCUT2D eigenvalue weighted by atomic mass is 9.97. The van der Waals surface area contributed by atoms with E-state index < -0.39 is 26.9 Å². The molecule has 4 heterocycles. The van der Waals surface area contributed by atoms with Crippen molar-refractivity contribution < 1.29 is 27.4 Å². The Kier molecular flexibility index (Phi) is 8.16. The van der Waals surface area contributed by atoms with Gasteiger partial charge in [-0.25, -0.2) is 18.4 Å². The Bertz CT molecular complexity index is 1360. The van der Waals surface area contributed by atoms with Gasteiger partial charge in [-0.3, -0.25) is 4.57 Å². The second-order valence-corrected chi connectivity index (χ2v) is 12.2. The molecule has 0 amide bonds. The van der Waals surface area contributed by atoms with E-state index in [2.05, 4.69) is 30.1 Å². The zero-order chi connectivity index (χ0) is 27.7. The van der Waals surface area contributed by atoms with Crippen molar-refractivity contribution >= 4 is 21.4 Å². The number of aromatic nitrogens is 7. The van der Waals surface area contributed by atoms with E-state index >= 15 is 0 Å². The van der Waals surface area contributed by atoms with Crippen LogP contribution in [0.2, 0.25) is 5.02 Å². The molecule has 0 N–H and O–H groups in total. The number of hydrogen-bond donors (Lipinski definition) is 0. The first kappa shape index (κ1) is 28.1. The number of halogens is 1. The largest absolute Gasteiger partial charge is 0.479 e. The van der Waals surface area contributed by atoms with Crippen molar-refractivity contribution in [3.05, 3.63) is 41.2 Å². The second-order valence-electron chi connectivity index (χ2n) is 9.45. The zero-order valence-electron chi connectivity index (χ0n) is 22.0. The molecule has 0 bridgehead atoms. The normalized spacial score (nSPS) is 18.8. The maximum Gasteiger partial charge on any atom is 0.245 e. The van der Waals surface area contributed by atoms with Gasteiger partial charge in [0.15, 0.2) is 27.2 Å². The second kappa shape index (κ2) is 11.0. The van der Waals surface area contributed by atoms with E-state index in [0.29, 0.717) is 29.6 Å². The van der Waals surface area contributed by atoms with E-state index in [9.17, 15) is 8.42 Å². The fourth-order valence-electron chi connectivity index (χ4n) is 4.45. The van der Waals surface area contributed by atoms with E-state index in [0.717, 1.165) is 0 Å². The summed E-state index contributed by atoms with van der Waals surface area (Å²) in [5.41, 5.74) is -0.0854. The number of methoxy groups -OCH3 is 3. The molecule has 3 aromatic rings. The molecular formula is C23H30ClN7O6S. The van der Waals surface area contributed by atoms with Crippen LogP contribution in [0.5, 0.6) is 11.8 Å². The summed E-state index contributed by atoms with van der Waals surface area (Å²) in [7, 11) is 0.395. The minimum Gasteiger partial charge on any atom is -0.479 e. The predicted molar refractivity (Wildman–Crippen MR) is 136 cm³/mol. The van der Waals surface area contributed by atoms with Gasteiger partial charge < -0.3 is 18.9 Å². The monoisotopic (exact) mass is 567 g/mol. The Labute approximate surface area is 225 Å². The lowest BCUT2D eigenvalue weighted by Crippen LogP contribution is -2.30. The fraction of sp³-hybridized carbons (Fsp3) is 0.565. The molecule has 0 spiro atoms. The molecule has 3 aromatic heterocycles. The molecule has 3 atom stereocenters. The van der Waals surface area contributed by atoms with Crippen LogP contribution in [-0.4, -0.2) is 81.9 Å². The van der Waals surface area contributed by atoms with Crippen molar-refractivity contribution in [2.75, 3.05) is 27.9 Å². The van der Waals surface area contributed by atoms with Gasteiger partial charge in [0, 0.05) is 25.4 Å². The van der Waals surface area contributed by atoms with Crippen molar-refractivity contribution in [3.63, 3.8) is 0 Å². The van der Waals surface area contributed by atoms with Gasteiger partial charge in [-0.1, -0.05) is 11.6 Å². The van der Waals surface area contributed by atoms with E-state index in [-0.39, 0.29) is 34.9 Å². The van der Waals surface area contributed by atoms with Crippen LogP contribution < -0.4 is 9.47 Å². The summed E-state index contributed by atoms with van der Waals surface area (Å²) in [6, 6.07) is 0. The molecule has 4 rings (SSSR count). The lowest BCUT2D eigenvalue weighted by Gasteiger charge is -2.22. The predicted octanol–water partition coefficient (Wildman–Crippen LogP) is 2.49. The first-order chi connectivity index (χ1) is 18.0. The third kappa shape index (κ3) is 5.58. The maximum absolute atomic E-state index is 13.7. The number of ether oxygens (including phenoxy) is 4. The molecule has 206 valence electrons. The molecule has 1 fully saturated rings.